The predicted molar refractivity (Wildman–Crippen MR) is 94.2 cm³/mol. The summed E-state index contributed by atoms with van der Waals surface area (Å²) in [6.45, 7) is 5.71. The number of alkyl halides is 3. The lowest BCUT2D eigenvalue weighted by atomic mass is 10.2. The summed E-state index contributed by atoms with van der Waals surface area (Å²) in [4.78, 5) is 16.2. The zero-order valence-corrected chi connectivity index (χ0v) is 15.3. The van der Waals surface area contributed by atoms with Gasteiger partial charge in [-0.05, 0) is 44.5 Å². The Kier molecular flexibility index (Phi) is 4.95. The van der Waals surface area contributed by atoms with Crippen LogP contribution in [0.25, 0.3) is 11.0 Å². The van der Waals surface area contributed by atoms with Gasteiger partial charge in [0.2, 0.25) is 5.91 Å². The van der Waals surface area contributed by atoms with Gasteiger partial charge in [0.05, 0.1) is 5.69 Å². The second-order valence-corrected chi connectivity index (χ2v) is 6.40. The Morgan fingerprint density at radius 3 is 2.63 bits per heavy atom. The van der Waals surface area contributed by atoms with Crippen molar-refractivity contribution in [3.8, 4) is 0 Å². The van der Waals surface area contributed by atoms with Crippen LogP contribution in [0.4, 0.5) is 13.2 Å². The number of carbonyl (C=O) groups is 1. The van der Waals surface area contributed by atoms with Crippen molar-refractivity contribution in [2.45, 2.75) is 40.0 Å². The molecule has 6 nitrogen and oxygen atoms in total. The lowest BCUT2D eigenvalue weighted by Gasteiger charge is -2.13. The van der Waals surface area contributed by atoms with Gasteiger partial charge in [0, 0.05) is 30.4 Å². The van der Waals surface area contributed by atoms with Gasteiger partial charge in [-0.3, -0.25) is 9.48 Å². The Hall–Kier alpha value is -2.84. The second kappa shape index (κ2) is 7.05. The molecule has 0 aliphatic carbocycles. The average Bonchev–Trinajstić information content (AvgIpc) is 3.09. The Bertz CT molecular complexity index is 987. The molecule has 0 saturated carbocycles. The van der Waals surface area contributed by atoms with Crippen LogP contribution in [0.2, 0.25) is 0 Å². The van der Waals surface area contributed by atoms with Crippen LogP contribution in [0.1, 0.15) is 22.6 Å². The number of halogens is 3. The van der Waals surface area contributed by atoms with Crippen LogP contribution < -0.4 is 5.32 Å². The lowest BCUT2D eigenvalue weighted by molar-refractivity contribution is -0.143. The van der Waals surface area contributed by atoms with E-state index in [0.717, 1.165) is 27.6 Å². The first kappa shape index (κ1) is 18.9. The summed E-state index contributed by atoms with van der Waals surface area (Å²) in [6, 6.07) is 4.24. The van der Waals surface area contributed by atoms with Gasteiger partial charge in [0.1, 0.15) is 17.9 Å². The molecule has 1 amide bonds. The highest BCUT2D eigenvalue weighted by molar-refractivity contribution is 5.78. The molecule has 1 N–H and O–H groups in total. The smallest absolute Gasteiger partial charge is 0.353 e. The van der Waals surface area contributed by atoms with Gasteiger partial charge in [0.15, 0.2) is 0 Å². The number of hydrogen-bond donors (Lipinski definition) is 1. The minimum absolute atomic E-state index is 0.0251. The van der Waals surface area contributed by atoms with Crippen molar-refractivity contribution in [2.24, 2.45) is 0 Å². The molecule has 0 saturated heterocycles. The second-order valence-electron chi connectivity index (χ2n) is 6.40. The van der Waals surface area contributed by atoms with Crippen LogP contribution in [0.5, 0.6) is 0 Å². The van der Waals surface area contributed by atoms with Gasteiger partial charge >= 0.3 is 6.18 Å². The highest BCUT2D eigenvalue weighted by atomic mass is 19.4. The number of nitrogens with one attached hydrogen (secondary N) is 1. The lowest BCUT2D eigenvalue weighted by Crippen LogP contribution is -2.31. The van der Waals surface area contributed by atoms with Crippen molar-refractivity contribution in [2.75, 3.05) is 6.54 Å². The van der Waals surface area contributed by atoms with Gasteiger partial charge in [-0.2, -0.15) is 18.3 Å². The molecule has 0 bridgehead atoms. The molecule has 0 radical (unpaired) electrons. The number of carbonyl (C=O) groups excluding carboxylic acids is 1. The van der Waals surface area contributed by atoms with Gasteiger partial charge in [-0.1, -0.05) is 0 Å². The third-order valence-corrected chi connectivity index (χ3v) is 4.64. The topological polar surface area (TPSA) is 64.7 Å². The summed E-state index contributed by atoms with van der Waals surface area (Å²) in [5.41, 5.74) is 2.22. The van der Waals surface area contributed by atoms with Crippen molar-refractivity contribution >= 4 is 16.9 Å². The van der Waals surface area contributed by atoms with Crippen molar-refractivity contribution < 1.29 is 18.0 Å². The first-order valence-corrected chi connectivity index (χ1v) is 8.47. The monoisotopic (exact) mass is 379 g/mol. The van der Waals surface area contributed by atoms with E-state index in [1.54, 1.807) is 16.8 Å². The third kappa shape index (κ3) is 3.81. The summed E-state index contributed by atoms with van der Waals surface area (Å²) in [7, 11) is 0. The van der Waals surface area contributed by atoms with Gasteiger partial charge < -0.3 is 9.88 Å². The molecule has 0 unspecified atom stereocenters. The molecule has 0 atom stereocenters. The molecule has 3 aromatic rings. The van der Waals surface area contributed by atoms with Gasteiger partial charge in [-0.15, -0.1) is 0 Å². The first-order valence-electron chi connectivity index (χ1n) is 8.47. The van der Waals surface area contributed by atoms with Crippen LogP contribution in [0, 0.1) is 20.8 Å². The summed E-state index contributed by atoms with van der Waals surface area (Å²) >= 11 is 0. The highest BCUT2D eigenvalue weighted by Crippen LogP contribution is 2.33. The Balaban J connectivity index is 1.70. The molecule has 0 aliphatic rings. The zero-order chi connectivity index (χ0) is 19.8. The number of aromatic nitrogens is 4. The summed E-state index contributed by atoms with van der Waals surface area (Å²) < 4.78 is 42.6. The minimum Gasteiger partial charge on any atom is -0.353 e. The fourth-order valence-corrected chi connectivity index (χ4v) is 2.99. The fourth-order valence-electron chi connectivity index (χ4n) is 2.99. The average molecular weight is 379 g/mol. The molecule has 9 heteroatoms. The normalized spacial score (nSPS) is 11.9. The molecule has 0 aliphatic heterocycles. The van der Waals surface area contributed by atoms with E-state index >= 15 is 0 Å². The van der Waals surface area contributed by atoms with E-state index in [1.807, 2.05) is 20.8 Å². The number of rotatable bonds is 5. The number of aryl methyl sites for hydroxylation is 1. The summed E-state index contributed by atoms with van der Waals surface area (Å²) in [5, 5.41) is 7.35. The molecule has 0 fully saturated rings. The quantitative estimate of drug-likeness (QED) is 0.741. The zero-order valence-electron chi connectivity index (χ0n) is 15.3. The predicted octanol–water partition coefficient (Wildman–Crippen LogP) is 2.99. The van der Waals surface area contributed by atoms with Crippen LogP contribution >= 0.6 is 0 Å². The Morgan fingerprint density at radius 2 is 2.00 bits per heavy atom. The molecule has 3 rings (SSSR count). The van der Waals surface area contributed by atoms with E-state index in [4.69, 9.17) is 0 Å². The highest BCUT2D eigenvalue weighted by Gasteiger charge is 2.35. The SMILES string of the molecule is Cc1nn(CC(=O)NCCn2c(C(F)(F)F)cc3cccnc32)c(C)c1C. The molecule has 3 aromatic heterocycles. The number of fused-ring (bicyclic) bond motifs is 1. The third-order valence-electron chi connectivity index (χ3n) is 4.64. The van der Waals surface area contributed by atoms with E-state index in [9.17, 15) is 18.0 Å². The van der Waals surface area contributed by atoms with Crippen LogP contribution in [0.3, 0.4) is 0 Å². The maximum absolute atomic E-state index is 13.3. The fraction of sp³-hybridized carbons (Fsp3) is 0.389. The van der Waals surface area contributed by atoms with Crippen molar-refractivity contribution in [1.29, 1.82) is 0 Å². The van der Waals surface area contributed by atoms with Crippen molar-refractivity contribution in [3.63, 3.8) is 0 Å². The van der Waals surface area contributed by atoms with E-state index in [0.29, 0.717) is 5.39 Å². The number of hydrogen-bond acceptors (Lipinski definition) is 3. The van der Waals surface area contributed by atoms with Crippen LogP contribution in [-0.4, -0.2) is 31.8 Å². The van der Waals surface area contributed by atoms with E-state index in [-0.39, 0.29) is 31.2 Å². The maximum Gasteiger partial charge on any atom is 0.431 e. The van der Waals surface area contributed by atoms with Crippen LogP contribution in [0.15, 0.2) is 24.4 Å². The number of amides is 1. The molecule has 0 spiro atoms. The van der Waals surface area contributed by atoms with E-state index in [2.05, 4.69) is 15.4 Å². The maximum atomic E-state index is 13.3. The molecule has 3 heterocycles. The molecule has 27 heavy (non-hydrogen) atoms. The van der Waals surface area contributed by atoms with Gasteiger partial charge in [0.25, 0.3) is 0 Å². The first-order chi connectivity index (χ1) is 12.7. The van der Waals surface area contributed by atoms with E-state index < -0.39 is 11.9 Å². The van der Waals surface area contributed by atoms with Crippen molar-refractivity contribution in [1.82, 2.24) is 24.6 Å². The van der Waals surface area contributed by atoms with E-state index in [1.165, 1.54) is 6.20 Å². The molecule has 0 aromatic carbocycles. The number of pyridine rings is 1. The summed E-state index contributed by atoms with van der Waals surface area (Å²) in [5.74, 6) is -0.307. The standard InChI is InChI=1S/C18H20F3N5O/c1-11-12(2)24-26(13(11)3)10-16(27)22-7-8-25-15(18(19,20)21)9-14-5-4-6-23-17(14)25/h4-6,9H,7-8,10H2,1-3H3,(H,22,27). The Morgan fingerprint density at radius 1 is 1.26 bits per heavy atom. The molecule has 144 valence electrons. The Labute approximate surface area is 154 Å². The summed E-state index contributed by atoms with van der Waals surface area (Å²) in [6.07, 6.45) is -3.05. The minimum atomic E-state index is -4.49. The molecular weight excluding hydrogens is 359 g/mol. The van der Waals surface area contributed by atoms with Crippen molar-refractivity contribution in [3.05, 3.63) is 47.0 Å². The van der Waals surface area contributed by atoms with Crippen LogP contribution in [-0.2, 0) is 24.1 Å². The number of nitrogens with zero attached hydrogens (tertiary/aromatic N) is 4. The molecular formula is C18H20F3N5O. The largest absolute Gasteiger partial charge is 0.431 e. The van der Waals surface area contributed by atoms with Gasteiger partial charge in [-0.25, -0.2) is 4.98 Å².